The van der Waals surface area contributed by atoms with E-state index in [1.54, 1.807) is 11.3 Å². The van der Waals surface area contributed by atoms with E-state index in [1.165, 1.54) is 4.88 Å². The zero-order valence-corrected chi connectivity index (χ0v) is 9.82. The highest BCUT2D eigenvalue weighted by molar-refractivity contribution is 7.12. The van der Waals surface area contributed by atoms with E-state index in [-0.39, 0.29) is 12.7 Å². The summed E-state index contributed by atoms with van der Waals surface area (Å²) in [5, 5.41) is 3.29. The number of hydrogen-bond acceptors (Lipinski definition) is 3. The Bertz CT molecular complexity index is 307. The molecular formula is C11H17FN2S. The van der Waals surface area contributed by atoms with Crippen molar-refractivity contribution >= 4 is 11.3 Å². The zero-order chi connectivity index (χ0) is 10.7. The molecule has 2 nitrogen and oxygen atoms in total. The molecule has 0 aliphatic carbocycles. The largest absolute Gasteiger partial charge is 0.314 e. The maximum absolute atomic E-state index is 13.1. The van der Waals surface area contributed by atoms with Crippen LogP contribution in [0.5, 0.6) is 0 Å². The van der Waals surface area contributed by atoms with Gasteiger partial charge in [-0.3, -0.25) is 4.90 Å². The van der Waals surface area contributed by atoms with Crippen LogP contribution in [0, 0.1) is 6.92 Å². The summed E-state index contributed by atoms with van der Waals surface area (Å²) < 4.78 is 13.1. The summed E-state index contributed by atoms with van der Waals surface area (Å²) >= 11 is 1.71. The van der Waals surface area contributed by atoms with Gasteiger partial charge >= 0.3 is 0 Å². The SMILES string of the molecule is Cc1ccc([C@H](CF)N2CCNCC2)s1. The summed E-state index contributed by atoms with van der Waals surface area (Å²) in [5.41, 5.74) is 0. The predicted molar refractivity (Wildman–Crippen MR) is 62.2 cm³/mol. The highest BCUT2D eigenvalue weighted by atomic mass is 32.1. The van der Waals surface area contributed by atoms with Gasteiger partial charge in [-0.05, 0) is 19.1 Å². The summed E-state index contributed by atoms with van der Waals surface area (Å²) in [4.78, 5) is 4.66. The Morgan fingerprint density at radius 3 is 2.73 bits per heavy atom. The smallest absolute Gasteiger partial charge is 0.110 e. The fourth-order valence-corrected chi connectivity index (χ4v) is 2.97. The van der Waals surface area contributed by atoms with Gasteiger partial charge in [0.1, 0.15) is 6.67 Å². The minimum atomic E-state index is -0.278. The van der Waals surface area contributed by atoms with Crippen molar-refractivity contribution in [2.45, 2.75) is 13.0 Å². The number of thiophene rings is 1. The van der Waals surface area contributed by atoms with Gasteiger partial charge in [0.05, 0.1) is 6.04 Å². The van der Waals surface area contributed by atoms with E-state index >= 15 is 0 Å². The second-order valence-corrected chi connectivity index (χ2v) is 5.22. The second kappa shape index (κ2) is 5.05. The third-order valence-corrected chi connectivity index (χ3v) is 3.93. The van der Waals surface area contributed by atoms with Gasteiger partial charge in [-0.25, -0.2) is 4.39 Å². The Kier molecular flexibility index (Phi) is 3.72. The Balaban J connectivity index is 2.08. The summed E-state index contributed by atoms with van der Waals surface area (Å²) in [6.45, 7) is 5.64. The van der Waals surface area contributed by atoms with E-state index in [4.69, 9.17) is 0 Å². The lowest BCUT2D eigenvalue weighted by molar-refractivity contribution is 0.150. The molecule has 0 amide bonds. The maximum Gasteiger partial charge on any atom is 0.110 e. The molecule has 1 aliphatic rings. The highest BCUT2D eigenvalue weighted by Gasteiger charge is 2.22. The summed E-state index contributed by atoms with van der Waals surface area (Å²) in [7, 11) is 0. The maximum atomic E-state index is 13.1. The molecule has 0 radical (unpaired) electrons. The van der Waals surface area contributed by atoms with Gasteiger partial charge in [0.15, 0.2) is 0 Å². The number of nitrogens with one attached hydrogen (secondary N) is 1. The van der Waals surface area contributed by atoms with E-state index in [1.807, 2.05) is 0 Å². The summed E-state index contributed by atoms with van der Waals surface area (Å²) in [5.74, 6) is 0. The number of hydrogen-bond donors (Lipinski definition) is 1. The molecule has 1 atom stereocenters. The first-order chi connectivity index (χ1) is 7.31. The van der Waals surface area contributed by atoms with Gasteiger partial charge in [-0.1, -0.05) is 0 Å². The van der Waals surface area contributed by atoms with Crippen LogP contribution < -0.4 is 5.32 Å². The Labute approximate surface area is 94.1 Å². The van der Waals surface area contributed by atoms with Crippen molar-refractivity contribution in [1.29, 1.82) is 0 Å². The van der Waals surface area contributed by atoms with Crippen LogP contribution in [0.2, 0.25) is 0 Å². The van der Waals surface area contributed by atoms with E-state index in [0.717, 1.165) is 31.1 Å². The van der Waals surface area contributed by atoms with Gasteiger partial charge in [0.25, 0.3) is 0 Å². The number of halogens is 1. The quantitative estimate of drug-likeness (QED) is 0.851. The van der Waals surface area contributed by atoms with Crippen LogP contribution >= 0.6 is 11.3 Å². The Hall–Kier alpha value is -0.450. The van der Waals surface area contributed by atoms with Crippen LogP contribution in [0.25, 0.3) is 0 Å². The van der Waals surface area contributed by atoms with Crippen LogP contribution in [0.1, 0.15) is 15.8 Å². The lowest BCUT2D eigenvalue weighted by Crippen LogP contribution is -2.45. The minimum Gasteiger partial charge on any atom is -0.314 e. The third-order valence-electron chi connectivity index (χ3n) is 2.83. The molecule has 1 aromatic rings. The van der Waals surface area contributed by atoms with Gasteiger partial charge in [-0.15, -0.1) is 11.3 Å². The van der Waals surface area contributed by atoms with E-state index in [0.29, 0.717) is 0 Å². The number of piperazine rings is 1. The molecule has 1 aliphatic heterocycles. The molecule has 1 saturated heterocycles. The average Bonchev–Trinajstić information content (AvgIpc) is 2.68. The number of aryl methyl sites for hydroxylation is 1. The van der Waals surface area contributed by atoms with Crippen molar-refractivity contribution in [1.82, 2.24) is 10.2 Å². The predicted octanol–water partition coefficient (Wildman–Crippen LogP) is 1.97. The fourth-order valence-electron chi connectivity index (χ4n) is 1.98. The molecule has 1 fully saturated rings. The van der Waals surface area contributed by atoms with Crippen molar-refractivity contribution in [2.24, 2.45) is 0 Å². The van der Waals surface area contributed by atoms with Crippen molar-refractivity contribution in [3.8, 4) is 0 Å². The lowest BCUT2D eigenvalue weighted by atomic mass is 10.2. The van der Waals surface area contributed by atoms with Crippen LogP contribution in [-0.2, 0) is 0 Å². The molecule has 15 heavy (non-hydrogen) atoms. The molecule has 84 valence electrons. The topological polar surface area (TPSA) is 15.3 Å². The average molecular weight is 228 g/mol. The van der Waals surface area contributed by atoms with Crippen molar-refractivity contribution in [3.63, 3.8) is 0 Å². The van der Waals surface area contributed by atoms with Crippen LogP contribution in [0.4, 0.5) is 4.39 Å². The molecule has 0 spiro atoms. The van der Waals surface area contributed by atoms with Crippen molar-refractivity contribution in [3.05, 3.63) is 21.9 Å². The molecular weight excluding hydrogens is 211 g/mol. The standard InChI is InChI=1S/C11H17FN2S/c1-9-2-3-11(15-9)10(8-12)14-6-4-13-5-7-14/h2-3,10,13H,4-8H2,1H3/t10-/m0/s1. The summed E-state index contributed by atoms with van der Waals surface area (Å²) in [6, 6.07) is 4.11. The number of rotatable bonds is 3. The zero-order valence-electron chi connectivity index (χ0n) is 9.00. The molecule has 2 rings (SSSR count). The minimum absolute atomic E-state index is 0.0224. The first-order valence-electron chi connectivity index (χ1n) is 5.38. The van der Waals surface area contributed by atoms with E-state index in [2.05, 4.69) is 29.3 Å². The lowest BCUT2D eigenvalue weighted by Gasteiger charge is -2.32. The fraction of sp³-hybridized carbons (Fsp3) is 0.636. The first kappa shape index (κ1) is 11.0. The molecule has 1 N–H and O–H groups in total. The molecule has 2 heterocycles. The molecule has 0 unspecified atom stereocenters. The van der Waals surface area contributed by atoms with Crippen molar-refractivity contribution in [2.75, 3.05) is 32.9 Å². The van der Waals surface area contributed by atoms with E-state index < -0.39 is 0 Å². The monoisotopic (exact) mass is 228 g/mol. The number of alkyl halides is 1. The Morgan fingerprint density at radius 1 is 1.47 bits per heavy atom. The van der Waals surface area contributed by atoms with Crippen LogP contribution in [-0.4, -0.2) is 37.8 Å². The molecule has 0 aromatic carbocycles. The first-order valence-corrected chi connectivity index (χ1v) is 6.20. The van der Waals surface area contributed by atoms with Crippen LogP contribution in [0.3, 0.4) is 0 Å². The van der Waals surface area contributed by atoms with E-state index in [9.17, 15) is 4.39 Å². The van der Waals surface area contributed by atoms with Gasteiger partial charge in [0.2, 0.25) is 0 Å². The normalized spacial score (nSPS) is 20.4. The highest BCUT2D eigenvalue weighted by Crippen LogP contribution is 2.28. The summed E-state index contributed by atoms with van der Waals surface area (Å²) in [6.07, 6.45) is 0. The van der Waals surface area contributed by atoms with Crippen LogP contribution in [0.15, 0.2) is 12.1 Å². The third kappa shape index (κ3) is 2.56. The van der Waals surface area contributed by atoms with Crippen molar-refractivity contribution < 1.29 is 4.39 Å². The molecule has 4 heteroatoms. The Morgan fingerprint density at radius 2 is 2.20 bits per heavy atom. The van der Waals surface area contributed by atoms with Gasteiger partial charge in [-0.2, -0.15) is 0 Å². The molecule has 0 bridgehead atoms. The van der Waals surface area contributed by atoms with Gasteiger partial charge in [0, 0.05) is 35.9 Å². The molecule has 1 aromatic heterocycles. The molecule has 0 saturated carbocycles. The second-order valence-electron chi connectivity index (χ2n) is 3.90. The number of nitrogens with zero attached hydrogens (tertiary/aromatic N) is 1. The van der Waals surface area contributed by atoms with Gasteiger partial charge < -0.3 is 5.32 Å².